The average molecular weight is 575 g/mol. The normalized spacial score (nSPS) is 15.8. The summed E-state index contributed by atoms with van der Waals surface area (Å²) in [5, 5.41) is 14.0. The maximum atomic E-state index is 12.7. The number of piperidine rings is 1. The largest absolute Gasteiger partial charge is 0.505 e. The van der Waals surface area contributed by atoms with Gasteiger partial charge in [-0.2, -0.15) is 0 Å². The molecule has 1 aliphatic heterocycles. The smallest absolute Gasteiger partial charge is 0.179 e. The number of fused-ring (bicyclic) bond motifs is 1. The molecule has 1 unspecified atom stereocenters. The van der Waals surface area contributed by atoms with Crippen molar-refractivity contribution in [2.45, 2.75) is 31.2 Å². The molecule has 0 saturated carbocycles. The predicted molar refractivity (Wildman–Crippen MR) is 156 cm³/mol. The lowest BCUT2D eigenvalue weighted by Gasteiger charge is -2.31. The van der Waals surface area contributed by atoms with E-state index in [1.54, 1.807) is 24.4 Å². The number of hydrogen-bond donors (Lipinski definition) is 3. The Labute approximate surface area is 232 Å². The van der Waals surface area contributed by atoms with Crippen LogP contribution >= 0.6 is 23.2 Å². The molecule has 1 aliphatic rings. The van der Waals surface area contributed by atoms with Crippen LogP contribution in [0.4, 0.5) is 17.2 Å². The zero-order valence-corrected chi connectivity index (χ0v) is 22.3. The fourth-order valence-electron chi connectivity index (χ4n) is 4.51. The van der Waals surface area contributed by atoms with E-state index in [4.69, 9.17) is 28.9 Å². The van der Waals surface area contributed by atoms with Gasteiger partial charge in [-0.25, -0.2) is 13.4 Å². The molecular weight excluding hydrogens is 545 g/mol. The van der Waals surface area contributed by atoms with Crippen LogP contribution in [0, 0.1) is 0 Å². The topological polar surface area (TPSA) is 121 Å². The minimum atomic E-state index is -3.62. The Bertz CT molecular complexity index is 1570. The van der Waals surface area contributed by atoms with Crippen LogP contribution in [0.3, 0.4) is 0 Å². The predicted octanol–water partition coefficient (Wildman–Crippen LogP) is 6.02. The number of aromatic nitrogens is 2. The van der Waals surface area contributed by atoms with Gasteiger partial charge in [-0.05, 0) is 60.4 Å². The number of phenolic OH excluding ortho intramolecular Hbond substituents is 1. The van der Waals surface area contributed by atoms with Crippen molar-refractivity contribution >= 4 is 61.1 Å². The molecule has 8 nitrogen and oxygen atoms in total. The van der Waals surface area contributed by atoms with Gasteiger partial charge in [-0.3, -0.25) is 4.98 Å². The maximum Gasteiger partial charge on any atom is 0.179 e. The van der Waals surface area contributed by atoms with Gasteiger partial charge in [0.2, 0.25) is 0 Å². The van der Waals surface area contributed by atoms with Crippen LogP contribution in [0.25, 0.3) is 22.0 Å². The first-order valence-electron chi connectivity index (χ1n) is 11.6. The Morgan fingerprint density at radius 2 is 1.79 bits per heavy atom. The Hall–Kier alpha value is -3.11. The van der Waals surface area contributed by atoms with Crippen molar-refractivity contribution in [3.8, 4) is 16.9 Å². The van der Waals surface area contributed by atoms with E-state index in [2.05, 4.69) is 20.2 Å². The van der Waals surface area contributed by atoms with E-state index in [1.807, 2.05) is 24.3 Å². The summed E-state index contributed by atoms with van der Waals surface area (Å²) in [6.45, 7) is 1.65. The first-order chi connectivity index (χ1) is 17.6. The first-order valence-corrected chi connectivity index (χ1v) is 14.3. The number of pyridine rings is 2. The average Bonchev–Trinajstić information content (AvgIpc) is 2.86. The van der Waals surface area contributed by atoms with E-state index in [-0.39, 0.29) is 34.2 Å². The number of nitrogens with one attached hydrogen (secondary N) is 1. The third-order valence-electron chi connectivity index (χ3n) is 6.38. The molecule has 5 rings (SSSR count). The fraction of sp³-hybridized carbons (Fsp3) is 0.259. The van der Waals surface area contributed by atoms with Crippen LogP contribution in [0.1, 0.15) is 20.3 Å². The number of phenols is 1. The van der Waals surface area contributed by atoms with E-state index >= 15 is 0 Å². The van der Waals surface area contributed by atoms with Gasteiger partial charge >= 0.3 is 0 Å². The van der Waals surface area contributed by atoms with E-state index in [0.717, 1.165) is 43.6 Å². The molecule has 1 saturated heterocycles. The number of halogens is 2. The zero-order chi connectivity index (χ0) is 26.3. The molecule has 2 aromatic heterocycles. The third-order valence-corrected chi connectivity index (χ3v) is 8.07. The minimum Gasteiger partial charge on any atom is -0.505 e. The van der Waals surface area contributed by atoms with Crippen LogP contribution in [-0.2, 0) is 9.84 Å². The van der Waals surface area contributed by atoms with Gasteiger partial charge in [0, 0.05) is 37.0 Å². The lowest BCUT2D eigenvalue weighted by molar-refractivity contribution is 0.476. The van der Waals surface area contributed by atoms with Crippen molar-refractivity contribution in [1.82, 2.24) is 9.97 Å². The molecule has 2 aromatic carbocycles. The van der Waals surface area contributed by atoms with E-state index in [0.29, 0.717) is 27.8 Å². The molecule has 0 aliphatic carbocycles. The fourth-order valence-corrected chi connectivity index (χ4v) is 5.77. The van der Waals surface area contributed by atoms with Gasteiger partial charge in [0.15, 0.2) is 15.6 Å². The van der Waals surface area contributed by atoms with Crippen molar-refractivity contribution in [3.05, 3.63) is 64.9 Å². The summed E-state index contributed by atoms with van der Waals surface area (Å²) in [7, 11) is -3.62. The second-order valence-corrected chi connectivity index (χ2v) is 12.0. The Kier molecular flexibility index (Phi) is 8.04. The van der Waals surface area contributed by atoms with Crippen LogP contribution in [0.2, 0.25) is 10.0 Å². The van der Waals surface area contributed by atoms with Crippen LogP contribution in [0.5, 0.6) is 5.75 Å². The van der Waals surface area contributed by atoms with Crippen LogP contribution < -0.4 is 16.0 Å². The maximum absolute atomic E-state index is 12.7. The standard InChI is InChI=1S/C26H25Cl2N5O3S.CH4/c1-37(35,36)23-13-30-22-6-4-15(16-10-20(27)26(34)21(28)11-16)9-19(22)25(23)32-18-5-7-24(31-12-18)33-8-2-3-17(29)14-33;/h4-7,9-13,17,34H,2-3,8,14,29H2,1H3,(H,30,32);1H4. The van der Waals surface area contributed by atoms with E-state index in [1.165, 1.54) is 6.20 Å². The first kappa shape index (κ1) is 27.9. The van der Waals surface area contributed by atoms with Gasteiger partial charge in [-0.15, -0.1) is 0 Å². The summed E-state index contributed by atoms with van der Waals surface area (Å²) < 4.78 is 25.4. The molecule has 1 atom stereocenters. The molecule has 1 fully saturated rings. The quantitative estimate of drug-likeness (QED) is 0.265. The van der Waals surface area contributed by atoms with Gasteiger partial charge in [-0.1, -0.05) is 36.7 Å². The summed E-state index contributed by atoms with van der Waals surface area (Å²) in [4.78, 5) is 11.2. The summed E-state index contributed by atoms with van der Waals surface area (Å²) in [5.41, 5.74) is 9.11. The monoisotopic (exact) mass is 573 g/mol. The zero-order valence-electron chi connectivity index (χ0n) is 19.9. The van der Waals surface area contributed by atoms with Gasteiger partial charge in [0.1, 0.15) is 10.7 Å². The lowest BCUT2D eigenvalue weighted by atomic mass is 10.0. The molecule has 38 heavy (non-hydrogen) atoms. The second-order valence-electron chi connectivity index (χ2n) is 9.17. The molecule has 4 N–H and O–H groups in total. The van der Waals surface area contributed by atoms with Crippen molar-refractivity contribution in [2.24, 2.45) is 5.73 Å². The summed E-state index contributed by atoms with van der Waals surface area (Å²) in [5.74, 6) is 0.630. The Morgan fingerprint density at radius 1 is 1.05 bits per heavy atom. The Balaban J connectivity index is 0.00000336. The number of hydrogen-bond acceptors (Lipinski definition) is 8. The van der Waals surface area contributed by atoms with Crippen LogP contribution in [-0.4, -0.2) is 48.9 Å². The highest BCUT2D eigenvalue weighted by atomic mass is 35.5. The molecule has 0 amide bonds. The third kappa shape index (κ3) is 5.66. The summed E-state index contributed by atoms with van der Waals surface area (Å²) in [6, 6.07) is 12.5. The number of sulfone groups is 1. The minimum absolute atomic E-state index is 0. The number of nitrogens with two attached hydrogens (primary N) is 1. The van der Waals surface area contributed by atoms with Crippen molar-refractivity contribution < 1.29 is 13.5 Å². The van der Waals surface area contributed by atoms with Crippen molar-refractivity contribution in [2.75, 3.05) is 29.6 Å². The van der Waals surface area contributed by atoms with E-state index in [9.17, 15) is 13.5 Å². The summed E-state index contributed by atoms with van der Waals surface area (Å²) >= 11 is 12.3. The highest BCUT2D eigenvalue weighted by molar-refractivity contribution is 7.90. The molecule has 0 spiro atoms. The number of anilines is 3. The highest BCUT2D eigenvalue weighted by Gasteiger charge is 2.20. The van der Waals surface area contributed by atoms with Crippen LogP contribution in [0.15, 0.2) is 59.8 Å². The molecule has 200 valence electrons. The van der Waals surface area contributed by atoms with Gasteiger partial charge in [0.05, 0.1) is 33.1 Å². The number of aromatic hydroxyl groups is 1. The number of rotatable bonds is 5. The molecule has 0 radical (unpaired) electrons. The van der Waals surface area contributed by atoms with E-state index < -0.39 is 9.84 Å². The molecule has 3 heterocycles. The van der Waals surface area contributed by atoms with Gasteiger partial charge in [0.25, 0.3) is 0 Å². The summed E-state index contributed by atoms with van der Waals surface area (Å²) in [6.07, 6.45) is 6.20. The lowest BCUT2D eigenvalue weighted by Crippen LogP contribution is -2.43. The SMILES string of the molecule is C.CS(=O)(=O)c1cnc2ccc(-c3cc(Cl)c(O)c(Cl)c3)cc2c1Nc1ccc(N2CCCC(N)C2)nc1. The molecule has 0 bridgehead atoms. The number of nitrogens with zero attached hydrogens (tertiary/aromatic N) is 3. The van der Waals surface area contributed by atoms with Crippen molar-refractivity contribution in [1.29, 1.82) is 0 Å². The number of benzene rings is 2. The second kappa shape index (κ2) is 10.9. The van der Waals surface area contributed by atoms with Crippen molar-refractivity contribution in [3.63, 3.8) is 0 Å². The van der Waals surface area contributed by atoms with Gasteiger partial charge < -0.3 is 21.1 Å². The molecule has 4 aromatic rings. The highest BCUT2D eigenvalue weighted by Crippen LogP contribution is 2.39. The molecular formula is C27H29Cl2N5O3S. The molecule has 11 heteroatoms. The Morgan fingerprint density at radius 3 is 2.42 bits per heavy atom.